The van der Waals surface area contributed by atoms with Crippen LogP contribution in [0.25, 0.3) is 0 Å². The van der Waals surface area contributed by atoms with Gasteiger partial charge in [-0.1, -0.05) is 26.2 Å². The van der Waals surface area contributed by atoms with Crippen LogP contribution in [-0.4, -0.2) is 91.5 Å². The average molecular weight is 547 g/mol. The molecule has 0 unspecified atom stereocenters. The molecule has 1 saturated carbocycles. The second-order valence-corrected chi connectivity index (χ2v) is 11.7. The maximum Gasteiger partial charge on any atom is 0.319 e. The zero-order valence-electron chi connectivity index (χ0n) is 24.6. The summed E-state index contributed by atoms with van der Waals surface area (Å²) in [5.41, 5.74) is 0.915. The Bertz CT molecular complexity index is 921. The van der Waals surface area contributed by atoms with E-state index in [4.69, 9.17) is 9.47 Å². The molecule has 1 aliphatic carbocycles. The van der Waals surface area contributed by atoms with Crippen molar-refractivity contribution < 1.29 is 24.2 Å². The van der Waals surface area contributed by atoms with Gasteiger partial charge in [0.1, 0.15) is 5.75 Å². The van der Waals surface area contributed by atoms with Crippen LogP contribution in [0.15, 0.2) is 18.2 Å². The molecule has 0 radical (unpaired) electrons. The third-order valence-electron chi connectivity index (χ3n) is 7.79. The van der Waals surface area contributed by atoms with E-state index in [1.165, 1.54) is 6.42 Å². The summed E-state index contributed by atoms with van der Waals surface area (Å²) in [4.78, 5) is 30.7. The first-order chi connectivity index (χ1) is 18.7. The summed E-state index contributed by atoms with van der Waals surface area (Å²) in [6.07, 6.45) is 8.06. The number of aliphatic hydroxyl groups excluding tert-OH is 1. The third-order valence-corrected chi connectivity index (χ3v) is 7.79. The molecule has 0 saturated heterocycles. The molecule has 9 heteroatoms. The number of ether oxygens (including phenoxy) is 2. The molecule has 2 aliphatic rings. The van der Waals surface area contributed by atoms with Crippen LogP contribution in [-0.2, 0) is 4.74 Å². The van der Waals surface area contributed by atoms with Crippen molar-refractivity contribution in [3.63, 3.8) is 0 Å². The van der Waals surface area contributed by atoms with Gasteiger partial charge in [0.15, 0.2) is 0 Å². The smallest absolute Gasteiger partial charge is 0.319 e. The van der Waals surface area contributed by atoms with Crippen molar-refractivity contribution in [1.82, 2.24) is 15.1 Å². The Morgan fingerprint density at radius 3 is 2.54 bits per heavy atom. The molecule has 1 aromatic carbocycles. The quantitative estimate of drug-likeness (QED) is 0.486. The molecule has 0 bridgehead atoms. The molecule has 9 nitrogen and oxygen atoms in total. The lowest BCUT2D eigenvalue weighted by molar-refractivity contribution is -0.0137. The number of urea groups is 1. The number of carbonyl (C=O) groups is 2. The summed E-state index contributed by atoms with van der Waals surface area (Å²) < 4.78 is 12.6. The highest BCUT2D eigenvalue weighted by Gasteiger charge is 2.30. The average Bonchev–Trinajstić information content (AvgIpc) is 2.90. The van der Waals surface area contributed by atoms with Gasteiger partial charge in [-0.25, -0.2) is 4.79 Å². The van der Waals surface area contributed by atoms with E-state index in [1.807, 2.05) is 27.9 Å². The fourth-order valence-electron chi connectivity index (χ4n) is 5.42. The van der Waals surface area contributed by atoms with Crippen LogP contribution in [0.2, 0.25) is 0 Å². The van der Waals surface area contributed by atoms with Gasteiger partial charge in [-0.05, 0) is 78.2 Å². The van der Waals surface area contributed by atoms with E-state index < -0.39 is 6.04 Å². The van der Waals surface area contributed by atoms with E-state index in [0.29, 0.717) is 30.2 Å². The molecule has 1 heterocycles. The van der Waals surface area contributed by atoms with Gasteiger partial charge in [0.2, 0.25) is 0 Å². The summed E-state index contributed by atoms with van der Waals surface area (Å²) in [5, 5.41) is 16.1. The van der Waals surface area contributed by atoms with Crippen LogP contribution in [0.5, 0.6) is 5.75 Å². The van der Waals surface area contributed by atoms with E-state index in [-0.39, 0.29) is 42.7 Å². The number of benzene rings is 1. The van der Waals surface area contributed by atoms with Gasteiger partial charge < -0.3 is 35.0 Å². The van der Waals surface area contributed by atoms with Crippen molar-refractivity contribution in [3.05, 3.63) is 23.8 Å². The number of fused-ring (bicyclic) bond motifs is 1. The van der Waals surface area contributed by atoms with Gasteiger partial charge in [-0.3, -0.25) is 4.79 Å². The Morgan fingerprint density at radius 2 is 1.85 bits per heavy atom. The second kappa shape index (κ2) is 15.4. The van der Waals surface area contributed by atoms with Crippen molar-refractivity contribution in [2.75, 3.05) is 45.7 Å². The van der Waals surface area contributed by atoms with Gasteiger partial charge in [0.25, 0.3) is 5.91 Å². The summed E-state index contributed by atoms with van der Waals surface area (Å²) in [7, 11) is 4.05. The molecule has 3 rings (SSSR count). The normalized spacial score (nSPS) is 24.8. The molecule has 3 amide bonds. The van der Waals surface area contributed by atoms with Crippen LogP contribution >= 0.6 is 0 Å². The Labute approximate surface area is 234 Å². The molecule has 1 aromatic rings. The first kappa shape index (κ1) is 31.2. The minimum absolute atomic E-state index is 0.0409. The van der Waals surface area contributed by atoms with E-state index in [0.717, 1.165) is 51.5 Å². The Balaban J connectivity index is 1.90. The molecule has 39 heavy (non-hydrogen) atoms. The minimum Gasteiger partial charge on any atom is -0.490 e. The Morgan fingerprint density at radius 1 is 1.13 bits per heavy atom. The molecule has 220 valence electrons. The monoisotopic (exact) mass is 546 g/mol. The van der Waals surface area contributed by atoms with Crippen molar-refractivity contribution in [2.45, 2.75) is 96.4 Å². The van der Waals surface area contributed by atoms with Crippen LogP contribution in [0.4, 0.5) is 10.5 Å². The predicted octanol–water partition coefficient (Wildman–Crippen LogP) is 4.50. The molecule has 1 fully saturated rings. The first-order valence-electron chi connectivity index (χ1n) is 14.7. The number of nitrogens with zero attached hydrogens (tertiary/aromatic N) is 2. The zero-order valence-corrected chi connectivity index (χ0v) is 24.6. The number of anilines is 1. The number of rotatable bonds is 6. The van der Waals surface area contributed by atoms with E-state index in [9.17, 15) is 14.7 Å². The fourth-order valence-corrected chi connectivity index (χ4v) is 5.42. The number of aliphatic hydroxyl groups is 1. The van der Waals surface area contributed by atoms with Crippen molar-refractivity contribution in [3.8, 4) is 5.75 Å². The van der Waals surface area contributed by atoms with Gasteiger partial charge in [-0.2, -0.15) is 0 Å². The molecule has 0 aromatic heterocycles. The van der Waals surface area contributed by atoms with E-state index in [2.05, 4.69) is 22.5 Å². The zero-order chi connectivity index (χ0) is 28.4. The van der Waals surface area contributed by atoms with Crippen molar-refractivity contribution in [1.29, 1.82) is 0 Å². The largest absolute Gasteiger partial charge is 0.490 e. The topological polar surface area (TPSA) is 103 Å². The number of nitrogens with one attached hydrogen (secondary N) is 2. The number of likely N-dealkylation sites (N-methyl/N-ethyl adjacent to an activating group) is 1. The Hall–Kier alpha value is -2.36. The summed E-state index contributed by atoms with van der Waals surface area (Å²) in [5.74, 6) is 0.299. The summed E-state index contributed by atoms with van der Waals surface area (Å²) in [6.45, 7) is 7.62. The van der Waals surface area contributed by atoms with Crippen molar-refractivity contribution >= 4 is 17.6 Å². The predicted molar refractivity (Wildman–Crippen MR) is 154 cm³/mol. The summed E-state index contributed by atoms with van der Waals surface area (Å²) in [6, 6.07) is 4.78. The second-order valence-electron chi connectivity index (χ2n) is 11.7. The van der Waals surface area contributed by atoms with Crippen molar-refractivity contribution in [2.24, 2.45) is 5.92 Å². The SMILES string of the molecule is C[C@@H]1CCCCO[C@H](CN(C)C)[C@H](C)CN([C@@H](C)CO)C(=O)c2cc(NC(=O)NC3CCCCC3)ccc2O1. The van der Waals surface area contributed by atoms with Gasteiger partial charge >= 0.3 is 6.03 Å². The number of carbonyl (C=O) groups excluding carboxylic acids is 2. The maximum absolute atomic E-state index is 14.1. The minimum atomic E-state index is -0.399. The van der Waals surface area contributed by atoms with Crippen LogP contribution in [0, 0.1) is 5.92 Å². The van der Waals surface area contributed by atoms with Crippen LogP contribution in [0.3, 0.4) is 0 Å². The number of amides is 3. The highest BCUT2D eigenvalue weighted by molar-refractivity contribution is 5.99. The van der Waals surface area contributed by atoms with Crippen LogP contribution in [0.1, 0.15) is 82.5 Å². The molecule has 4 atom stereocenters. The highest BCUT2D eigenvalue weighted by Crippen LogP contribution is 2.28. The lowest BCUT2D eigenvalue weighted by Crippen LogP contribution is -2.47. The van der Waals surface area contributed by atoms with Gasteiger partial charge in [-0.15, -0.1) is 0 Å². The lowest BCUT2D eigenvalue weighted by atomic mass is 9.96. The number of hydrogen-bond donors (Lipinski definition) is 3. The molecular formula is C30H50N4O5. The van der Waals surface area contributed by atoms with Crippen LogP contribution < -0.4 is 15.4 Å². The van der Waals surface area contributed by atoms with E-state index >= 15 is 0 Å². The summed E-state index contributed by atoms with van der Waals surface area (Å²) >= 11 is 0. The molecule has 1 aliphatic heterocycles. The highest BCUT2D eigenvalue weighted by atomic mass is 16.5. The Kier molecular flexibility index (Phi) is 12.3. The van der Waals surface area contributed by atoms with Gasteiger partial charge in [0.05, 0.1) is 30.4 Å². The lowest BCUT2D eigenvalue weighted by Gasteiger charge is -2.35. The number of hydrogen-bond acceptors (Lipinski definition) is 6. The first-order valence-corrected chi connectivity index (χ1v) is 14.7. The molecule has 0 spiro atoms. The standard InChI is InChI=1S/C30H50N4O5/c1-21-18-34(22(2)20-35)29(36)26-17-25(32-30(37)31-24-12-7-6-8-13-24)14-15-27(26)39-23(3)11-9-10-16-38-28(21)19-33(4)5/h14-15,17,21-24,28,35H,6-13,16,18-20H2,1-5H3,(H2,31,32,37)/t21-,22+,23-,28-/m1/s1. The molecule has 3 N–H and O–H groups in total. The third kappa shape index (κ3) is 9.65. The molecular weight excluding hydrogens is 496 g/mol. The fraction of sp³-hybridized carbons (Fsp3) is 0.733. The van der Waals surface area contributed by atoms with Gasteiger partial charge in [0, 0.05) is 37.3 Å². The maximum atomic E-state index is 14.1. The van der Waals surface area contributed by atoms with E-state index in [1.54, 1.807) is 23.1 Å².